The van der Waals surface area contributed by atoms with Crippen molar-refractivity contribution in [3.63, 3.8) is 0 Å². The van der Waals surface area contributed by atoms with E-state index in [4.69, 9.17) is 5.73 Å². The number of hydrogen-bond acceptors (Lipinski definition) is 7. The van der Waals surface area contributed by atoms with Gasteiger partial charge in [-0.15, -0.1) is 0 Å². The van der Waals surface area contributed by atoms with E-state index in [0.29, 0.717) is 31.8 Å². The van der Waals surface area contributed by atoms with Crippen LogP contribution in [-0.2, 0) is 16.0 Å². The number of piperidine rings is 1. The van der Waals surface area contributed by atoms with Crippen molar-refractivity contribution in [1.82, 2.24) is 30.3 Å². The van der Waals surface area contributed by atoms with Crippen LogP contribution in [0.5, 0.6) is 0 Å². The fourth-order valence-electron chi connectivity index (χ4n) is 6.11. The Morgan fingerprint density at radius 3 is 2.52 bits per heavy atom. The number of carbonyl (C=O) groups excluding carboxylic acids is 2. The lowest BCUT2D eigenvalue weighted by atomic mass is 9.89. The van der Waals surface area contributed by atoms with Gasteiger partial charge in [-0.1, -0.05) is 13.0 Å². The molecule has 10 heteroatoms. The number of anilines is 1. The van der Waals surface area contributed by atoms with E-state index in [-0.39, 0.29) is 11.8 Å². The molecule has 4 N–H and O–H groups in total. The molecule has 0 bridgehead atoms. The highest BCUT2D eigenvalue weighted by atomic mass is 16.2. The Bertz CT molecular complexity index is 1280. The molecule has 0 spiro atoms. The number of aromatic nitrogens is 3. The third-order valence-corrected chi connectivity index (χ3v) is 8.56. The molecule has 3 aromatic rings. The van der Waals surface area contributed by atoms with Crippen molar-refractivity contribution in [3.8, 4) is 0 Å². The summed E-state index contributed by atoms with van der Waals surface area (Å²) in [6.07, 6.45) is 8.50. The number of H-pyrrole nitrogens is 1. The monoisotopic (exact) mass is 546 g/mol. The molecule has 5 rings (SSSR count). The number of hydrogen-bond donors (Lipinski definition) is 3. The van der Waals surface area contributed by atoms with E-state index < -0.39 is 12.1 Å². The van der Waals surface area contributed by atoms with E-state index in [2.05, 4.69) is 37.2 Å². The van der Waals surface area contributed by atoms with E-state index in [9.17, 15) is 9.59 Å². The minimum atomic E-state index is -0.746. The molecule has 2 fully saturated rings. The number of carbonyl (C=O) groups is 2. The van der Waals surface area contributed by atoms with Gasteiger partial charge >= 0.3 is 0 Å². The number of pyridine rings is 1. The van der Waals surface area contributed by atoms with Crippen molar-refractivity contribution < 1.29 is 9.59 Å². The van der Waals surface area contributed by atoms with Crippen LogP contribution in [0.2, 0.25) is 0 Å². The summed E-state index contributed by atoms with van der Waals surface area (Å²) >= 11 is 0. The van der Waals surface area contributed by atoms with Gasteiger partial charge in [-0.25, -0.2) is 0 Å². The standard InChI is InChI=1S/C30H42N8O2/c1-3-36-10-6-22(7-11-36)19-27(30(40)38-14-12-37(13-15-38)25-4-8-32-9-5-25)34-29(39)26(31)18-23-16-21(2)28-24(17-23)20-33-35-28/h4-5,8-9,16-17,20,22,26-27H,3,6-7,10-15,18-19,31H2,1-2H3,(H,33,35)(H,34,39). The van der Waals surface area contributed by atoms with Gasteiger partial charge in [0.05, 0.1) is 17.8 Å². The Labute approximate surface area is 236 Å². The molecule has 0 aliphatic carbocycles. The van der Waals surface area contributed by atoms with Gasteiger partial charge in [0.25, 0.3) is 0 Å². The van der Waals surface area contributed by atoms with Gasteiger partial charge in [0.15, 0.2) is 0 Å². The number of benzene rings is 1. The minimum absolute atomic E-state index is 0.00325. The zero-order chi connectivity index (χ0) is 28.1. The molecular weight excluding hydrogens is 504 g/mol. The van der Waals surface area contributed by atoms with Crippen LogP contribution >= 0.6 is 0 Å². The molecule has 2 amide bonds. The molecule has 0 saturated carbocycles. The highest BCUT2D eigenvalue weighted by Gasteiger charge is 2.33. The Morgan fingerprint density at radius 1 is 1.10 bits per heavy atom. The Hall–Kier alpha value is -3.50. The average molecular weight is 547 g/mol. The number of nitrogens with one attached hydrogen (secondary N) is 2. The zero-order valence-electron chi connectivity index (χ0n) is 23.7. The summed E-state index contributed by atoms with van der Waals surface area (Å²) in [7, 11) is 0. The van der Waals surface area contributed by atoms with Gasteiger partial charge in [0.1, 0.15) is 6.04 Å². The predicted molar refractivity (Wildman–Crippen MR) is 157 cm³/mol. The molecular formula is C30H42N8O2. The predicted octanol–water partition coefficient (Wildman–Crippen LogP) is 2.09. The van der Waals surface area contributed by atoms with Crippen molar-refractivity contribution in [1.29, 1.82) is 0 Å². The summed E-state index contributed by atoms with van der Waals surface area (Å²) in [6.45, 7) is 10.1. The van der Waals surface area contributed by atoms with Crippen LogP contribution in [-0.4, -0.2) is 94.7 Å². The summed E-state index contributed by atoms with van der Waals surface area (Å²) < 4.78 is 0. The van der Waals surface area contributed by atoms with Crippen LogP contribution in [0.3, 0.4) is 0 Å². The molecule has 2 aromatic heterocycles. The van der Waals surface area contributed by atoms with Gasteiger partial charge in [-0.05, 0) is 87.5 Å². The maximum Gasteiger partial charge on any atom is 0.245 e. The Balaban J connectivity index is 1.24. The van der Waals surface area contributed by atoms with E-state index in [0.717, 1.165) is 73.3 Å². The number of nitrogens with two attached hydrogens (primary N) is 1. The van der Waals surface area contributed by atoms with Gasteiger partial charge in [0, 0.05) is 49.6 Å². The first-order chi connectivity index (χ1) is 19.4. The normalized spacial score (nSPS) is 18.6. The maximum atomic E-state index is 13.8. The van der Waals surface area contributed by atoms with Crippen molar-refractivity contribution in [3.05, 3.63) is 54.0 Å². The largest absolute Gasteiger partial charge is 0.368 e. The Kier molecular flexibility index (Phi) is 8.96. The third-order valence-electron chi connectivity index (χ3n) is 8.56. The topological polar surface area (TPSA) is 123 Å². The number of amides is 2. The van der Waals surface area contributed by atoms with Gasteiger partial charge in [-0.2, -0.15) is 5.10 Å². The lowest BCUT2D eigenvalue weighted by molar-refractivity contribution is -0.137. The van der Waals surface area contributed by atoms with Crippen molar-refractivity contribution >= 4 is 28.4 Å². The molecule has 4 heterocycles. The first-order valence-corrected chi connectivity index (χ1v) is 14.6. The molecule has 40 heavy (non-hydrogen) atoms. The van der Waals surface area contributed by atoms with Crippen LogP contribution < -0.4 is 16.0 Å². The van der Waals surface area contributed by atoms with E-state index >= 15 is 0 Å². The molecule has 2 aliphatic rings. The summed E-state index contributed by atoms with van der Waals surface area (Å²) in [6, 6.07) is 6.74. The number of likely N-dealkylation sites (tertiary alicyclic amines) is 1. The summed E-state index contributed by atoms with van der Waals surface area (Å²) in [5.74, 6) is 0.130. The lowest BCUT2D eigenvalue weighted by Gasteiger charge is -2.39. The van der Waals surface area contributed by atoms with Crippen molar-refractivity contribution in [2.75, 3.05) is 50.7 Å². The number of aryl methyl sites for hydroxylation is 1. The smallest absolute Gasteiger partial charge is 0.245 e. The van der Waals surface area contributed by atoms with Crippen LogP contribution in [0.15, 0.2) is 42.9 Å². The fraction of sp³-hybridized carbons (Fsp3) is 0.533. The highest BCUT2D eigenvalue weighted by molar-refractivity contribution is 5.90. The quantitative estimate of drug-likeness (QED) is 0.376. The number of fused-ring (bicyclic) bond motifs is 1. The second-order valence-corrected chi connectivity index (χ2v) is 11.2. The maximum absolute atomic E-state index is 13.8. The molecule has 1 aromatic carbocycles. The van der Waals surface area contributed by atoms with Crippen LogP contribution in [0.4, 0.5) is 5.69 Å². The van der Waals surface area contributed by atoms with Crippen LogP contribution in [0, 0.1) is 12.8 Å². The van der Waals surface area contributed by atoms with Crippen molar-refractivity contribution in [2.24, 2.45) is 11.7 Å². The average Bonchev–Trinajstić information content (AvgIpc) is 3.47. The van der Waals surface area contributed by atoms with Crippen LogP contribution in [0.25, 0.3) is 10.9 Å². The number of nitrogens with zero attached hydrogens (tertiary/aromatic N) is 5. The first kappa shape index (κ1) is 28.0. The van der Waals surface area contributed by atoms with Gasteiger partial charge in [0.2, 0.25) is 11.8 Å². The lowest BCUT2D eigenvalue weighted by Crippen LogP contribution is -2.57. The molecule has 2 unspecified atom stereocenters. The highest BCUT2D eigenvalue weighted by Crippen LogP contribution is 2.24. The van der Waals surface area contributed by atoms with Crippen LogP contribution in [0.1, 0.15) is 37.3 Å². The summed E-state index contributed by atoms with van der Waals surface area (Å²) in [5, 5.41) is 11.2. The van der Waals surface area contributed by atoms with E-state index in [1.54, 1.807) is 18.6 Å². The van der Waals surface area contributed by atoms with E-state index in [1.165, 1.54) is 0 Å². The molecule has 0 radical (unpaired) electrons. The zero-order valence-corrected chi connectivity index (χ0v) is 23.7. The number of piperazine rings is 1. The number of rotatable bonds is 9. The van der Waals surface area contributed by atoms with Gasteiger partial charge in [-0.3, -0.25) is 19.7 Å². The molecule has 2 aliphatic heterocycles. The third kappa shape index (κ3) is 6.62. The van der Waals surface area contributed by atoms with Gasteiger partial charge < -0.3 is 25.8 Å². The first-order valence-electron chi connectivity index (χ1n) is 14.6. The Morgan fingerprint density at radius 2 is 1.82 bits per heavy atom. The molecule has 10 nitrogen and oxygen atoms in total. The number of aromatic amines is 1. The fourth-order valence-corrected chi connectivity index (χ4v) is 6.11. The molecule has 2 saturated heterocycles. The molecule has 2 atom stereocenters. The van der Waals surface area contributed by atoms with E-state index in [1.807, 2.05) is 36.1 Å². The van der Waals surface area contributed by atoms with Crippen molar-refractivity contribution in [2.45, 2.75) is 51.6 Å². The SMILES string of the molecule is CCN1CCC(CC(NC(=O)C(N)Cc2cc(C)c3[nH]ncc3c2)C(=O)N2CCN(c3ccncc3)CC2)CC1. The summed E-state index contributed by atoms with van der Waals surface area (Å²) in [5.41, 5.74) is 10.6. The minimum Gasteiger partial charge on any atom is -0.368 e. The second-order valence-electron chi connectivity index (χ2n) is 11.2. The second kappa shape index (κ2) is 12.8. The summed E-state index contributed by atoms with van der Waals surface area (Å²) in [4.78, 5) is 37.9. The molecule has 214 valence electrons.